The predicted molar refractivity (Wildman–Crippen MR) is 46.6 cm³/mol. The zero-order valence-corrected chi connectivity index (χ0v) is 6.99. The van der Waals surface area contributed by atoms with Gasteiger partial charge in [-0.15, -0.1) is 0 Å². The van der Waals surface area contributed by atoms with Gasteiger partial charge < -0.3 is 0 Å². The lowest BCUT2D eigenvalue weighted by molar-refractivity contribution is -0.114. The van der Waals surface area contributed by atoms with E-state index in [0.29, 0.717) is 0 Å². The Bertz CT molecular complexity index is 238. The van der Waals surface area contributed by atoms with Crippen molar-refractivity contribution in [3.63, 3.8) is 0 Å². The summed E-state index contributed by atoms with van der Waals surface area (Å²) in [5.41, 5.74) is 0.800. The molecule has 1 aliphatic carbocycles. The normalized spacial score (nSPS) is 16.5. The fraction of sp³-hybridized carbons (Fsp3) is 0.500. The zero-order valence-electron chi connectivity index (χ0n) is 6.17. The molecule has 0 fully saturated rings. The van der Waals surface area contributed by atoms with Crippen molar-refractivity contribution in [3.05, 3.63) is 11.6 Å². The monoisotopic (exact) mass is 167 g/mol. The fourth-order valence-electron chi connectivity index (χ4n) is 1.15. The molecule has 0 atom stereocenters. The van der Waals surface area contributed by atoms with E-state index in [-0.39, 0.29) is 5.91 Å². The summed E-state index contributed by atoms with van der Waals surface area (Å²) in [6.45, 7) is 0. The first-order valence-corrected chi connectivity index (χ1v) is 4.06. The van der Waals surface area contributed by atoms with Gasteiger partial charge in [0.2, 0.25) is 0 Å². The lowest BCUT2D eigenvalue weighted by Crippen LogP contribution is -2.01. The SMILES string of the molecule is O=C(N=C=S)C1=CCCCC1. The summed E-state index contributed by atoms with van der Waals surface area (Å²) in [4.78, 5) is 14.4. The molecule has 0 aromatic rings. The number of aliphatic imine (C=N–C) groups is 1. The van der Waals surface area contributed by atoms with Crippen LogP contribution in [0.25, 0.3) is 0 Å². The van der Waals surface area contributed by atoms with Crippen molar-refractivity contribution in [3.8, 4) is 0 Å². The van der Waals surface area contributed by atoms with Gasteiger partial charge in [-0.3, -0.25) is 4.79 Å². The maximum Gasteiger partial charge on any atom is 0.281 e. The van der Waals surface area contributed by atoms with Crippen molar-refractivity contribution in [1.82, 2.24) is 0 Å². The first kappa shape index (κ1) is 8.31. The van der Waals surface area contributed by atoms with Gasteiger partial charge in [-0.05, 0) is 37.9 Å². The number of rotatable bonds is 1. The highest BCUT2D eigenvalue weighted by atomic mass is 32.1. The average Bonchev–Trinajstić information content (AvgIpc) is 2.07. The Morgan fingerprint density at radius 3 is 3.00 bits per heavy atom. The zero-order chi connectivity index (χ0) is 8.10. The van der Waals surface area contributed by atoms with Gasteiger partial charge in [0.1, 0.15) is 0 Å². The quantitative estimate of drug-likeness (QED) is 0.442. The summed E-state index contributed by atoms with van der Waals surface area (Å²) in [6.07, 6.45) is 6.05. The number of hydrogen-bond acceptors (Lipinski definition) is 2. The molecule has 1 aliphatic rings. The number of isothiocyanates is 1. The summed E-state index contributed by atoms with van der Waals surface area (Å²) in [5.74, 6) is -0.209. The number of nitrogens with zero attached hydrogens (tertiary/aromatic N) is 1. The van der Waals surface area contributed by atoms with E-state index in [4.69, 9.17) is 0 Å². The lowest BCUT2D eigenvalue weighted by Gasteiger charge is -2.07. The lowest BCUT2D eigenvalue weighted by atomic mass is 9.99. The molecule has 0 spiro atoms. The standard InChI is InChI=1S/C8H9NOS/c10-8(9-6-11)7-4-2-1-3-5-7/h4H,1-3,5H2. The van der Waals surface area contributed by atoms with E-state index in [9.17, 15) is 4.79 Å². The Kier molecular flexibility index (Phi) is 3.14. The molecule has 11 heavy (non-hydrogen) atoms. The highest BCUT2D eigenvalue weighted by Crippen LogP contribution is 2.17. The molecule has 58 valence electrons. The fourth-order valence-corrected chi connectivity index (χ4v) is 1.23. The third-order valence-corrected chi connectivity index (χ3v) is 1.80. The molecule has 0 bridgehead atoms. The molecule has 0 aliphatic heterocycles. The maximum atomic E-state index is 11.0. The van der Waals surface area contributed by atoms with Gasteiger partial charge in [0.15, 0.2) is 0 Å². The Hall–Kier alpha value is -0.790. The number of amides is 1. The molecule has 0 N–H and O–H groups in total. The van der Waals surface area contributed by atoms with E-state index in [1.807, 2.05) is 6.08 Å². The largest absolute Gasteiger partial charge is 0.281 e. The first-order valence-electron chi connectivity index (χ1n) is 3.66. The minimum Gasteiger partial charge on any atom is -0.266 e. The summed E-state index contributed by atoms with van der Waals surface area (Å²) < 4.78 is 0. The van der Waals surface area contributed by atoms with Crippen LogP contribution in [0.4, 0.5) is 0 Å². The minimum absolute atomic E-state index is 0.209. The average molecular weight is 167 g/mol. The Balaban J connectivity index is 2.65. The smallest absolute Gasteiger partial charge is 0.266 e. The van der Waals surface area contributed by atoms with Crippen molar-refractivity contribution in [2.24, 2.45) is 4.99 Å². The molecular weight excluding hydrogens is 158 g/mol. The minimum atomic E-state index is -0.209. The molecule has 1 amide bonds. The van der Waals surface area contributed by atoms with Crippen LogP contribution >= 0.6 is 12.2 Å². The van der Waals surface area contributed by atoms with Crippen LogP contribution in [0.15, 0.2) is 16.6 Å². The van der Waals surface area contributed by atoms with Crippen molar-refractivity contribution in [2.75, 3.05) is 0 Å². The molecule has 0 aromatic heterocycles. The second kappa shape index (κ2) is 4.16. The van der Waals surface area contributed by atoms with E-state index in [1.165, 1.54) is 6.42 Å². The molecule has 1 rings (SSSR count). The number of carbonyl (C=O) groups is 1. The number of carbonyl (C=O) groups excluding carboxylic acids is 1. The van der Waals surface area contributed by atoms with Crippen LogP contribution in [-0.4, -0.2) is 11.1 Å². The topological polar surface area (TPSA) is 29.4 Å². The second-order valence-electron chi connectivity index (χ2n) is 2.48. The molecule has 0 radical (unpaired) electrons. The van der Waals surface area contributed by atoms with E-state index in [2.05, 4.69) is 22.4 Å². The van der Waals surface area contributed by atoms with Crippen LogP contribution < -0.4 is 0 Å². The van der Waals surface area contributed by atoms with Crippen molar-refractivity contribution in [2.45, 2.75) is 25.7 Å². The van der Waals surface area contributed by atoms with Crippen LogP contribution in [0, 0.1) is 0 Å². The van der Waals surface area contributed by atoms with Crippen molar-refractivity contribution in [1.29, 1.82) is 0 Å². The van der Waals surface area contributed by atoms with E-state index < -0.39 is 0 Å². The number of hydrogen-bond donors (Lipinski definition) is 0. The van der Waals surface area contributed by atoms with E-state index in [1.54, 1.807) is 0 Å². The van der Waals surface area contributed by atoms with E-state index >= 15 is 0 Å². The van der Waals surface area contributed by atoms with Crippen molar-refractivity contribution < 1.29 is 4.79 Å². The third kappa shape index (κ3) is 2.37. The summed E-state index contributed by atoms with van der Waals surface area (Å²) in [5, 5.41) is 2.08. The molecule has 0 unspecified atom stereocenters. The molecule has 0 saturated heterocycles. The Labute approximate surface area is 71.0 Å². The Morgan fingerprint density at radius 2 is 2.45 bits per heavy atom. The molecule has 0 aromatic carbocycles. The van der Waals surface area contributed by atoms with Crippen LogP contribution in [0.2, 0.25) is 0 Å². The van der Waals surface area contributed by atoms with E-state index in [0.717, 1.165) is 24.8 Å². The molecular formula is C8H9NOS. The molecule has 0 heterocycles. The van der Waals surface area contributed by atoms with Gasteiger partial charge in [-0.25, -0.2) is 0 Å². The highest BCUT2D eigenvalue weighted by molar-refractivity contribution is 7.78. The van der Waals surface area contributed by atoms with Gasteiger partial charge >= 0.3 is 0 Å². The molecule has 0 saturated carbocycles. The predicted octanol–water partition coefficient (Wildman–Crippen LogP) is 2.12. The summed E-state index contributed by atoms with van der Waals surface area (Å²) >= 11 is 4.33. The van der Waals surface area contributed by atoms with Gasteiger partial charge in [-0.1, -0.05) is 6.08 Å². The maximum absolute atomic E-state index is 11.0. The van der Waals surface area contributed by atoms with Gasteiger partial charge in [0.25, 0.3) is 5.91 Å². The van der Waals surface area contributed by atoms with Crippen LogP contribution in [0.1, 0.15) is 25.7 Å². The third-order valence-electron chi connectivity index (χ3n) is 1.71. The van der Waals surface area contributed by atoms with Gasteiger partial charge in [0, 0.05) is 5.57 Å². The van der Waals surface area contributed by atoms with Crippen LogP contribution in [0.5, 0.6) is 0 Å². The molecule has 3 heteroatoms. The molecule has 2 nitrogen and oxygen atoms in total. The van der Waals surface area contributed by atoms with Gasteiger partial charge in [-0.2, -0.15) is 4.99 Å². The highest BCUT2D eigenvalue weighted by Gasteiger charge is 2.09. The number of thiocarbonyl (C=S) groups is 1. The van der Waals surface area contributed by atoms with Crippen LogP contribution in [-0.2, 0) is 4.79 Å². The Morgan fingerprint density at radius 1 is 1.64 bits per heavy atom. The van der Waals surface area contributed by atoms with Crippen molar-refractivity contribution >= 4 is 23.3 Å². The van der Waals surface area contributed by atoms with Gasteiger partial charge in [0.05, 0.1) is 5.16 Å². The van der Waals surface area contributed by atoms with Crippen LogP contribution in [0.3, 0.4) is 0 Å². The summed E-state index contributed by atoms with van der Waals surface area (Å²) in [6, 6.07) is 0. The summed E-state index contributed by atoms with van der Waals surface area (Å²) in [7, 11) is 0. The first-order chi connectivity index (χ1) is 5.34. The second-order valence-corrected chi connectivity index (χ2v) is 2.67. The number of allylic oxidation sites excluding steroid dienone is 1.